The van der Waals surface area contributed by atoms with E-state index in [1.807, 2.05) is 18.2 Å². The van der Waals surface area contributed by atoms with E-state index < -0.39 is 10.0 Å². The molecular formula is C16H10ClN3O2S3. The van der Waals surface area contributed by atoms with Gasteiger partial charge in [-0.05, 0) is 36.4 Å². The van der Waals surface area contributed by atoms with Crippen molar-refractivity contribution in [2.75, 3.05) is 4.72 Å². The number of benzene rings is 1. The van der Waals surface area contributed by atoms with Crippen LogP contribution in [0.3, 0.4) is 0 Å². The molecular weight excluding hydrogens is 398 g/mol. The van der Waals surface area contributed by atoms with Gasteiger partial charge in [-0.3, -0.25) is 4.72 Å². The van der Waals surface area contributed by atoms with Crippen molar-refractivity contribution in [1.29, 1.82) is 0 Å². The maximum atomic E-state index is 12.4. The van der Waals surface area contributed by atoms with Gasteiger partial charge in [0.05, 0.1) is 4.34 Å². The first kappa shape index (κ1) is 16.5. The zero-order valence-corrected chi connectivity index (χ0v) is 15.7. The molecule has 0 unspecified atom stereocenters. The van der Waals surface area contributed by atoms with Crippen molar-refractivity contribution in [3.05, 3.63) is 59.1 Å². The number of fused-ring (bicyclic) bond motifs is 1. The first-order valence-electron chi connectivity index (χ1n) is 7.11. The van der Waals surface area contributed by atoms with Crippen LogP contribution in [-0.4, -0.2) is 18.4 Å². The second kappa shape index (κ2) is 6.38. The summed E-state index contributed by atoms with van der Waals surface area (Å²) in [4.78, 5) is 9.67. The van der Waals surface area contributed by atoms with Gasteiger partial charge >= 0.3 is 0 Å². The van der Waals surface area contributed by atoms with Gasteiger partial charge in [-0.15, -0.1) is 11.3 Å². The van der Waals surface area contributed by atoms with Crippen LogP contribution in [0.15, 0.2) is 58.9 Å². The number of rotatable bonds is 4. The minimum absolute atomic E-state index is 0.173. The highest BCUT2D eigenvalue weighted by Gasteiger charge is 2.17. The Kier molecular flexibility index (Phi) is 4.20. The summed E-state index contributed by atoms with van der Waals surface area (Å²) in [6.07, 6.45) is 1.72. The number of nitrogens with one attached hydrogen (secondary N) is 1. The van der Waals surface area contributed by atoms with Crippen LogP contribution in [0, 0.1) is 0 Å². The van der Waals surface area contributed by atoms with Crippen LogP contribution < -0.4 is 4.72 Å². The molecule has 0 aliphatic rings. The lowest BCUT2D eigenvalue weighted by atomic mass is 10.2. The highest BCUT2D eigenvalue weighted by Crippen LogP contribution is 2.31. The standard InChI is InChI=1S/C16H10ClN3O2S3/c17-13-6-7-14(23-13)25(21,22)20-11-4-1-3-10(9-11)15-19-12-5-2-8-18-16(12)24-15/h1-9,20H. The SMILES string of the molecule is O=S(=O)(Nc1cccc(-c2nc3cccnc3s2)c1)c1ccc(Cl)s1. The topological polar surface area (TPSA) is 72.0 Å². The Morgan fingerprint density at radius 2 is 1.92 bits per heavy atom. The minimum atomic E-state index is -3.66. The molecule has 0 fully saturated rings. The number of nitrogens with zero attached hydrogens (tertiary/aromatic N) is 2. The quantitative estimate of drug-likeness (QED) is 0.523. The van der Waals surface area contributed by atoms with E-state index in [0.717, 1.165) is 32.3 Å². The third-order valence-electron chi connectivity index (χ3n) is 3.34. The maximum Gasteiger partial charge on any atom is 0.271 e. The van der Waals surface area contributed by atoms with E-state index in [0.29, 0.717) is 10.0 Å². The summed E-state index contributed by atoms with van der Waals surface area (Å²) in [5.41, 5.74) is 2.11. The number of hydrogen-bond donors (Lipinski definition) is 1. The summed E-state index contributed by atoms with van der Waals surface area (Å²) in [7, 11) is -3.66. The van der Waals surface area contributed by atoms with Crippen molar-refractivity contribution >= 4 is 60.3 Å². The van der Waals surface area contributed by atoms with Gasteiger partial charge in [-0.2, -0.15) is 0 Å². The van der Waals surface area contributed by atoms with Gasteiger partial charge in [-0.25, -0.2) is 18.4 Å². The molecule has 9 heteroatoms. The van der Waals surface area contributed by atoms with Crippen molar-refractivity contribution < 1.29 is 8.42 Å². The van der Waals surface area contributed by atoms with E-state index in [-0.39, 0.29) is 4.21 Å². The molecule has 1 N–H and O–H groups in total. The summed E-state index contributed by atoms with van der Waals surface area (Å²) < 4.78 is 28.0. The Balaban J connectivity index is 1.67. The highest BCUT2D eigenvalue weighted by molar-refractivity contribution is 7.94. The van der Waals surface area contributed by atoms with E-state index in [4.69, 9.17) is 11.6 Å². The molecule has 0 aliphatic heterocycles. The fourth-order valence-corrected chi connectivity index (χ4v) is 5.69. The number of aromatic nitrogens is 2. The van der Waals surface area contributed by atoms with Crippen molar-refractivity contribution in [1.82, 2.24) is 9.97 Å². The van der Waals surface area contributed by atoms with E-state index >= 15 is 0 Å². The van der Waals surface area contributed by atoms with Crippen LogP contribution in [0.25, 0.3) is 20.9 Å². The first-order chi connectivity index (χ1) is 12.0. The number of pyridine rings is 1. The number of thiazole rings is 1. The smallest absolute Gasteiger partial charge is 0.271 e. The number of anilines is 1. The minimum Gasteiger partial charge on any atom is -0.279 e. The first-order valence-corrected chi connectivity index (χ1v) is 10.6. The van der Waals surface area contributed by atoms with Gasteiger partial charge in [0, 0.05) is 17.4 Å². The molecule has 4 aromatic rings. The van der Waals surface area contributed by atoms with E-state index in [1.165, 1.54) is 17.4 Å². The summed E-state index contributed by atoms with van der Waals surface area (Å²) in [6.45, 7) is 0. The maximum absolute atomic E-state index is 12.4. The Bertz CT molecular complexity index is 1140. The van der Waals surface area contributed by atoms with Crippen LogP contribution in [0.5, 0.6) is 0 Å². The third-order valence-corrected chi connectivity index (χ3v) is 7.47. The second-order valence-corrected chi connectivity index (χ2v) is 9.69. The lowest BCUT2D eigenvalue weighted by molar-refractivity contribution is 0.603. The largest absolute Gasteiger partial charge is 0.279 e. The monoisotopic (exact) mass is 407 g/mol. The predicted octanol–water partition coefficient (Wildman–Crippen LogP) is 4.87. The molecule has 5 nitrogen and oxygen atoms in total. The zero-order chi connectivity index (χ0) is 17.4. The van der Waals surface area contributed by atoms with Gasteiger partial charge in [0.2, 0.25) is 0 Å². The normalized spacial score (nSPS) is 11.7. The Morgan fingerprint density at radius 3 is 2.68 bits per heavy atom. The molecule has 0 radical (unpaired) electrons. The molecule has 0 saturated carbocycles. The van der Waals surface area contributed by atoms with Crippen LogP contribution in [0.1, 0.15) is 0 Å². The fourth-order valence-electron chi connectivity index (χ4n) is 2.26. The molecule has 0 atom stereocenters. The highest BCUT2D eigenvalue weighted by atomic mass is 35.5. The number of hydrogen-bond acceptors (Lipinski definition) is 6. The number of halogens is 1. The molecule has 0 saturated heterocycles. The van der Waals surface area contributed by atoms with Crippen LogP contribution in [0.2, 0.25) is 4.34 Å². The van der Waals surface area contributed by atoms with Gasteiger partial charge < -0.3 is 0 Å². The van der Waals surface area contributed by atoms with Crippen molar-refractivity contribution in [2.45, 2.75) is 4.21 Å². The Hall–Kier alpha value is -2.00. The fraction of sp³-hybridized carbons (Fsp3) is 0. The van der Waals surface area contributed by atoms with Gasteiger partial charge in [0.15, 0.2) is 0 Å². The lowest BCUT2D eigenvalue weighted by Crippen LogP contribution is -2.11. The molecule has 3 heterocycles. The molecule has 0 spiro atoms. The van der Waals surface area contributed by atoms with Crippen molar-refractivity contribution in [2.24, 2.45) is 0 Å². The molecule has 4 rings (SSSR count). The summed E-state index contributed by atoms with van der Waals surface area (Å²) in [6, 6.07) is 13.9. The Labute approximate surface area is 157 Å². The summed E-state index contributed by atoms with van der Waals surface area (Å²) in [5.74, 6) is 0. The van der Waals surface area contributed by atoms with Crippen LogP contribution in [0.4, 0.5) is 5.69 Å². The summed E-state index contributed by atoms with van der Waals surface area (Å²) in [5, 5.41) is 0.786. The molecule has 0 bridgehead atoms. The average molecular weight is 408 g/mol. The van der Waals surface area contributed by atoms with Gasteiger partial charge in [-0.1, -0.05) is 35.1 Å². The Morgan fingerprint density at radius 1 is 1.04 bits per heavy atom. The van der Waals surface area contributed by atoms with Crippen molar-refractivity contribution in [3.63, 3.8) is 0 Å². The molecule has 0 amide bonds. The second-order valence-electron chi connectivity index (χ2n) is 5.09. The third kappa shape index (κ3) is 3.38. The summed E-state index contributed by atoms with van der Waals surface area (Å²) >= 11 is 8.30. The number of sulfonamides is 1. The molecule has 1 aromatic carbocycles. The van der Waals surface area contributed by atoms with Crippen molar-refractivity contribution in [3.8, 4) is 10.6 Å². The predicted molar refractivity (Wildman–Crippen MR) is 103 cm³/mol. The average Bonchev–Trinajstić information content (AvgIpc) is 3.21. The van der Waals surface area contributed by atoms with Gasteiger partial charge in [0.25, 0.3) is 10.0 Å². The van der Waals surface area contributed by atoms with E-state index in [1.54, 1.807) is 30.5 Å². The lowest BCUT2D eigenvalue weighted by Gasteiger charge is -2.07. The van der Waals surface area contributed by atoms with Crippen LogP contribution >= 0.6 is 34.3 Å². The number of thiophene rings is 1. The van der Waals surface area contributed by atoms with Gasteiger partial charge in [0.1, 0.15) is 19.6 Å². The van der Waals surface area contributed by atoms with Crippen LogP contribution in [-0.2, 0) is 10.0 Å². The molecule has 0 aliphatic carbocycles. The molecule has 25 heavy (non-hydrogen) atoms. The molecule has 126 valence electrons. The van der Waals surface area contributed by atoms with E-state index in [9.17, 15) is 8.42 Å². The molecule has 3 aromatic heterocycles. The van der Waals surface area contributed by atoms with E-state index in [2.05, 4.69) is 14.7 Å². The zero-order valence-electron chi connectivity index (χ0n) is 12.5.